The van der Waals surface area contributed by atoms with E-state index in [9.17, 15) is 8.42 Å². The summed E-state index contributed by atoms with van der Waals surface area (Å²) in [7, 11) is -3.26. The summed E-state index contributed by atoms with van der Waals surface area (Å²) in [5, 5.41) is 2.17. The first kappa shape index (κ1) is 20.6. The molecule has 0 unspecified atom stereocenters. The molecule has 146 valence electrons. The van der Waals surface area contributed by atoms with Gasteiger partial charge in [0.1, 0.15) is 0 Å². The fraction of sp³-hybridized carbons (Fsp3) is 0.143. The van der Waals surface area contributed by atoms with Crippen molar-refractivity contribution in [3.63, 3.8) is 0 Å². The Morgan fingerprint density at radius 3 is 2.57 bits per heavy atom. The molecule has 0 atom stereocenters. The van der Waals surface area contributed by atoms with Crippen molar-refractivity contribution in [2.75, 3.05) is 11.3 Å². The number of thiophene rings is 1. The Labute approximate surface area is 174 Å². The number of nitrogens with two attached hydrogens (primary N) is 1. The fourth-order valence-corrected chi connectivity index (χ4v) is 4.73. The largest absolute Gasteiger partial charge is 0.277 e. The van der Waals surface area contributed by atoms with E-state index in [2.05, 4.69) is 0 Å². The molecule has 7 heteroatoms. The summed E-state index contributed by atoms with van der Waals surface area (Å²) in [5.41, 5.74) is 2.43. The SMILES string of the molecule is CC/C=C(/c1ccc(-c2cccc(S(C)(=O)=O)c2)s1)N(N)c1ccccc1Cl. The molecule has 4 nitrogen and oxygen atoms in total. The number of halogens is 1. The van der Waals surface area contributed by atoms with Gasteiger partial charge in [0.25, 0.3) is 0 Å². The van der Waals surface area contributed by atoms with Crippen LogP contribution in [0.1, 0.15) is 18.2 Å². The molecule has 0 bridgehead atoms. The lowest BCUT2D eigenvalue weighted by molar-refractivity contribution is 0.602. The molecule has 28 heavy (non-hydrogen) atoms. The maximum Gasteiger partial charge on any atom is 0.175 e. The molecule has 2 aromatic carbocycles. The van der Waals surface area contributed by atoms with E-state index in [1.54, 1.807) is 40.6 Å². The normalized spacial score (nSPS) is 12.2. The van der Waals surface area contributed by atoms with Crippen LogP contribution in [0.5, 0.6) is 0 Å². The molecule has 0 saturated heterocycles. The van der Waals surface area contributed by atoms with Crippen molar-refractivity contribution in [1.82, 2.24) is 0 Å². The van der Waals surface area contributed by atoms with Gasteiger partial charge < -0.3 is 0 Å². The second kappa shape index (κ2) is 8.49. The number of hydrazine groups is 1. The summed E-state index contributed by atoms with van der Waals surface area (Å²) in [6, 6.07) is 18.4. The van der Waals surface area contributed by atoms with Gasteiger partial charge in [0.05, 0.1) is 26.2 Å². The highest BCUT2D eigenvalue weighted by Crippen LogP contribution is 2.36. The van der Waals surface area contributed by atoms with E-state index in [-0.39, 0.29) is 0 Å². The molecule has 3 aromatic rings. The third-order valence-corrected chi connectivity index (χ3v) is 6.76. The maximum atomic E-state index is 11.9. The minimum atomic E-state index is -3.26. The van der Waals surface area contributed by atoms with Gasteiger partial charge in [-0.15, -0.1) is 11.3 Å². The van der Waals surface area contributed by atoms with Gasteiger partial charge in [-0.3, -0.25) is 5.01 Å². The van der Waals surface area contributed by atoms with E-state index in [1.807, 2.05) is 49.4 Å². The monoisotopic (exact) mass is 432 g/mol. The van der Waals surface area contributed by atoms with Crippen molar-refractivity contribution in [1.29, 1.82) is 0 Å². The Hall–Kier alpha value is -2.12. The Bertz CT molecular complexity index is 1120. The van der Waals surface area contributed by atoms with Crippen LogP contribution in [0.3, 0.4) is 0 Å². The summed E-state index contributed by atoms with van der Waals surface area (Å²) in [6.07, 6.45) is 4.07. The number of anilines is 1. The van der Waals surface area contributed by atoms with Crippen LogP contribution >= 0.6 is 22.9 Å². The Morgan fingerprint density at radius 2 is 1.89 bits per heavy atom. The Balaban J connectivity index is 1.99. The number of hydrogen-bond donors (Lipinski definition) is 1. The third kappa shape index (κ3) is 4.47. The number of allylic oxidation sites excluding steroid dienone is 1. The van der Waals surface area contributed by atoms with Crippen molar-refractivity contribution >= 4 is 44.2 Å². The number of sulfone groups is 1. The molecule has 0 aliphatic carbocycles. The minimum Gasteiger partial charge on any atom is -0.277 e. The zero-order chi connectivity index (χ0) is 20.3. The quantitative estimate of drug-likeness (QED) is 0.406. The number of para-hydroxylation sites is 1. The molecule has 0 aliphatic heterocycles. The molecular formula is C21H21ClN2O2S2. The average Bonchev–Trinajstić information content (AvgIpc) is 3.15. The Morgan fingerprint density at radius 1 is 1.14 bits per heavy atom. The molecule has 0 fully saturated rings. The first-order chi connectivity index (χ1) is 13.3. The lowest BCUT2D eigenvalue weighted by Crippen LogP contribution is -2.29. The van der Waals surface area contributed by atoms with E-state index >= 15 is 0 Å². The zero-order valence-corrected chi connectivity index (χ0v) is 18.0. The van der Waals surface area contributed by atoms with E-state index in [4.69, 9.17) is 17.4 Å². The zero-order valence-electron chi connectivity index (χ0n) is 15.6. The van der Waals surface area contributed by atoms with Crippen molar-refractivity contribution in [2.24, 2.45) is 5.84 Å². The predicted octanol–water partition coefficient (Wildman–Crippen LogP) is 5.60. The number of benzene rings is 2. The Kier molecular flexibility index (Phi) is 6.25. The third-order valence-electron chi connectivity index (χ3n) is 4.17. The number of rotatable bonds is 6. The van der Waals surface area contributed by atoms with Gasteiger partial charge in [0.2, 0.25) is 0 Å². The molecule has 2 N–H and O–H groups in total. The van der Waals surface area contributed by atoms with Gasteiger partial charge in [-0.1, -0.05) is 48.9 Å². The first-order valence-corrected chi connectivity index (χ1v) is 11.8. The van der Waals surface area contributed by atoms with Crippen LogP contribution in [0.25, 0.3) is 16.1 Å². The van der Waals surface area contributed by atoms with Gasteiger partial charge in [-0.2, -0.15) is 0 Å². The molecular weight excluding hydrogens is 412 g/mol. The summed E-state index contributed by atoms with van der Waals surface area (Å²) < 4.78 is 23.7. The van der Waals surface area contributed by atoms with Crippen LogP contribution in [0.2, 0.25) is 5.02 Å². The van der Waals surface area contributed by atoms with Crippen molar-refractivity contribution in [3.05, 3.63) is 76.6 Å². The first-order valence-electron chi connectivity index (χ1n) is 8.71. The summed E-state index contributed by atoms with van der Waals surface area (Å²) in [4.78, 5) is 2.25. The minimum absolute atomic E-state index is 0.306. The smallest absolute Gasteiger partial charge is 0.175 e. The van der Waals surface area contributed by atoms with Crippen LogP contribution < -0.4 is 10.9 Å². The predicted molar refractivity (Wildman–Crippen MR) is 119 cm³/mol. The van der Waals surface area contributed by atoms with Crippen molar-refractivity contribution in [3.8, 4) is 10.4 Å². The van der Waals surface area contributed by atoms with E-state index in [0.717, 1.165) is 33.1 Å². The van der Waals surface area contributed by atoms with Gasteiger partial charge in [-0.25, -0.2) is 14.3 Å². The van der Waals surface area contributed by atoms with Gasteiger partial charge in [0.15, 0.2) is 9.84 Å². The van der Waals surface area contributed by atoms with E-state index < -0.39 is 9.84 Å². The highest BCUT2D eigenvalue weighted by molar-refractivity contribution is 7.90. The molecule has 0 saturated carbocycles. The molecule has 1 heterocycles. The number of hydrogen-bond acceptors (Lipinski definition) is 5. The molecule has 0 amide bonds. The average molecular weight is 433 g/mol. The molecule has 0 spiro atoms. The second-order valence-corrected chi connectivity index (χ2v) is 9.79. The molecule has 3 rings (SSSR count). The molecule has 0 aliphatic rings. The van der Waals surface area contributed by atoms with Crippen LogP contribution in [0.15, 0.2) is 71.6 Å². The standard InChI is InChI=1S/C21H21ClN2O2S2/c1-3-7-19(24(23)18-11-5-4-10-17(18)22)21-13-12-20(27-21)15-8-6-9-16(14-15)28(2,25)26/h4-14H,3,23H2,1-2H3/b19-7-. The topological polar surface area (TPSA) is 63.4 Å². The highest BCUT2D eigenvalue weighted by Gasteiger charge is 2.16. The van der Waals surface area contributed by atoms with Crippen LogP contribution in [0.4, 0.5) is 5.69 Å². The summed E-state index contributed by atoms with van der Waals surface area (Å²) in [5.74, 6) is 6.40. The molecule has 0 radical (unpaired) electrons. The van der Waals surface area contributed by atoms with E-state index in [1.165, 1.54) is 6.26 Å². The van der Waals surface area contributed by atoms with Crippen LogP contribution in [-0.2, 0) is 9.84 Å². The lowest BCUT2D eigenvalue weighted by Gasteiger charge is -2.22. The van der Waals surface area contributed by atoms with Crippen molar-refractivity contribution < 1.29 is 8.42 Å². The van der Waals surface area contributed by atoms with Crippen molar-refractivity contribution in [2.45, 2.75) is 18.2 Å². The van der Waals surface area contributed by atoms with E-state index in [0.29, 0.717) is 9.92 Å². The second-order valence-electron chi connectivity index (χ2n) is 6.28. The highest BCUT2D eigenvalue weighted by atomic mass is 35.5. The van der Waals surface area contributed by atoms with Gasteiger partial charge >= 0.3 is 0 Å². The fourth-order valence-electron chi connectivity index (χ4n) is 2.80. The van der Waals surface area contributed by atoms with Gasteiger partial charge in [-0.05, 0) is 48.4 Å². The maximum absolute atomic E-state index is 11.9. The summed E-state index contributed by atoms with van der Waals surface area (Å²) >= 11 is 7.86. The lowest BCUT2D eigenvalue weighted by atomic mass is 10.2. The number of nitrogens with zero attached hydrogens (tertiary/aromatic N) is 1. The summed E-state index contributed by atoms with van der Waals surface area (Å²) in [6.45, 7) is 2.05. The molecule has 1 aromatic heterocycles. The van der Waals surface area contributed by atoms with Crippen LogP contribution in [0, 0.1) is 0 Å². The van der Waals surface area contributed by atoms with Gasteiger partial charge in [0, 0.05) is 11.1 Å². The van der Waals surface area contributed by atoms with Crippen LogP contribution in [-0.4, -0.2) is 14.7 Å².